The number of hydrogen-bond donors (Lipinski definition) is 0. The van der Waals surface area contributed by atoms with Crippen LogP contribution in [0, 0.1) is 17.4 Å². The maximum Gasteiger partial charge on any atom is 0.238 e. The normalized spacial score (nSPS) is 10.2. The quantitative estimate of drug-likeness (QED) is 0.793. The van der Waals surface area contributed by atoms with Crippen molar-refractivity contribution in [3.8, 4) is 11.6 Å². The Kier molecular flexibility index (Phi) is 3.38. The van der Waals surface area contributed by atoms with Crippen LogP contribution in [0.5, 0.6) is 11.6 Å². The standard InChI is InChI=1S/C12H11IN2O/c1-8-9(2)15-12(7-14-8)16-11-5-3-4-10(13)6-11/h3-7H,1-2H3. The van der Waals surface area contributed by atoms with Crippen LogP contribution in [0.2, 0.25) is 0 Å². The number of rotatable bonds is 2. The molecule has 0 N–H and O–H groups in total. The lowest BCUT2D eigenvalue weighted by atomic mass is 10.3. The van der Waals surface area contributed by atoms with Crippen molar-refractivity contribution >= 4 is 22.6 Å². The molecule has 0 aliphatic heterocycles. The second kappa shape index (κ2) is 4.78. The van der Waals surface area contributed by atoms with Crippen molar-refractivity contribution in [2.24, 2.45) is 0 Å². The van der Waals surface area contributed by atoms with Gasteiger partial charge in [0.2, 0.25) is 5.88 Å². The summed E-state index contributed by atoms with van der Waals surface area (Å²) in [5, 5.41) is 0. The summed E-state index contributed by atoms with van der Waals surface area (Å²) in [6.07, 6.45) is 1.64. The molecule has 1 aromatic carbocycles. The molecule has 2 rings (SSSR count). The lowest BCUT2D eigenvalue weighted by Crippen LogP contribution is -1.95. The highest BCUT2D eigenvalue weighted by molar-refractivity contribution is 14.1. The van der Waals surface area contributed by atoms with Crippen molar-refractivity contribution in [3.63, 3.8) is 0 Å². The van der Waals surface area contributed by atoms with Crippen molar-refractivity contribution < 1.29 is 4.74 Å². The van der Waals surface area contributed by atoms with E-state index in [1.807, 2.05) is 38.1 Å². The third-order valence-corrected chi connectivity index (χ3v) is 2.86. The Bertz CT molecular complexity index is 514. The summed E-state index contributed by atoms with van der Waals surface area (Å²) in [4.78, 5) is 8.52. The summed E-state index contributed by atoms with van der Waals surface area (Å²) in [5.41, 5.74) is 1.82. The summed E-state index contributed by atoms with van der Waals surface area (Å²) in [5.74, 6) is 1.31. The van der Waals surface area contributed by atoms with Crippen LogP contribution in [0.15, 0.2) is 30.5 Å². The summed E-state index contributed by atoms with van der Waals surface area (Å²) in [7, 11) is 0. The van der Waals surface area contributed by atoms with Crippen LogP contribution in [0.25, 0.3) is 0 Å². The molecule has 0 saturated heterocycles. The molecule has 1 heterocycles. The maximum atomic E-state index is 5.62. The average molecular weight is 326 g/mol. The molecule has 0 unspecified atom stereocenters. The van der Waals surface area contributed by atoms with E-state index in [9.17, 15) is 0 Å². The van der Waals surface area contributed by atoms with E-state index in [-0.39, 0.29) is 0 Å². The number of benzene rings is 1. The molecule has 0 amide bonds. The van der Waals surface area contributed by atoms with Crippen molar-refractivity contribution in [1.82, 2.24) is 9.97 Å². The third kappa shape index (κ3) is 2.69. The molecule has 0 radical (unpaired) electrons. The molecule has 4 heteroatoms. The number of aryl methyl sites for hydroxylation is 2. The van der Waals surface area contributed by atoms with Gasteiger partial charge in [0, 0.05) is 3.57 Å². The zero-order valence-corrected chi connectivity index (χ0v) is 11.2. The van der Waals surface area contributed by atoms with Crippen LogP contribution >= 0.6 is 22.6 Å². The minimum Gasteiger partial charge on any atom is -0.437 e. The largest absolute Gasteiger partial charge is 0.437 e. The van der Waals surface area contributed by atoms with Gasteiger partial charge in [-0.2, -0.15) is 0 Å². The van der Waals surface area contributed by atoms with Gasteiger partial charge in [-0.15, -0.1) is 0 Å². The average Bonchev–Trinajstić information content (AvgIpc) is 2.24. The van der Waals surface area contributed by atoms with E-state index in [4.69, 9.17) is 4.74 Å². The Morgan fingerprint density at radius 1 is 1.19 bits per heavy atom. The zero-order chi connectivity index (χ0) is 11.5. The van der Waals surface area contributed by atoms with Crippen molar-refractivity contribution in [3.05, 3.63) is 45.4 Å². The fourth-order valence-corrected chi connectivity index (χ4v) is 1.74. The van der Waals surface area contributed by atoms with Gasteiger partial charge in [0.25, 0.3) is 0 Å². The first kappa shape index (κ1) is 11.3. The minimum atomic E-state index is 0.533. The molecular formula is C12H11IN2O. The minimum absolute atomic E-state index is 0.533. The number of hydrogen-bond acceptors (Lipinski definition) is 3. The molecular weight excluding hydrogens is 315 g/mol. The molecule has 0 spiro atoms. The lowest BCUT2D eigenvalue weighted by molar-refractivity contribution is 0.457. The van der Waals surface area contributed by atoms with Gasteiger partial charge in [0.05, 0.1) is 17.6 Å². The SMILES string of the molecule is Cc1ncc(Oc2cccc(I)c2)nc1C. The molecule has 0 aliphatic carbocycles. The second-order valence-electron chi connectivity index (χ2n) is 3.44. The predicted octanol–water partition coefficient (Wildman–Crippen LogP) is 3.49. The number of ether oxygens (including phenoxy) is 1. The van der Waals surface area contributed by atoms with Crippen LogP contribution in [0.4, 0.5) is 0 Å². The van der Waals surface area contributed by atoms with E-state index in [1.54, 1.807) is 6.20 Å². The van der Waals surface area contributed by atoms with E-state index in [2.05, 4.69) is 32.6 Å². The van der Waals surface area contributed by atoms with E-state index < -0.39 is 0 Å². The first-order chi connectivity index (χ1) is 7.65. The summed E-state index contributed by atoms with van der Waals surface area (Å²) in [6.45, 7) is 3.85. The van der Waals surface area contributed by atoms with E-state index in [0.717, 1.165) is 20.7 Å². The van der Waals surface area contributed by atoms with Gasteiger partial charge in [-0.25, -0.2) is 4.98 Å². The fraction of sp³-hybridized carbons (Fsp3) is 0.167. The predicted molar refractivity (Wildman–Crippen MR) is 70.7 cm³/mol. The Labute approximate surface area is 108 Å². The molecule has 82 valence electrons. The Morgan fingerprint density at radius 3 is 2.69 bits per heavy atom. The smallest absolute Gasteiger partial charge is 0.238 e. The molecule has 2 aromatic rings. The molecule has 0 saturated carbocycles. The highest BCUT2D eigenvalue weighted by Crippen LogP contribution is 2.21. The van der Waals surface area contributed by atoms with Crippen LogP contribution < -0.4 is 4.74 Å². The molecule has 16 heavy (non-hydrogen) atoms. The van der Waals surface area contributed by atoms with E-state index in [1.165, 1.54) is 0 Å². The van der Waals surface area contributed by atoms with Gasteiger partial charge < -0.3 is 4.74 Å². The third-order valence-electron chi connectivity index (χ3n) is 2.19. The monoisotopic (exact) mass is 326 g/mol. The van der Waals surface area contributed by atoms with Gasteiger partial charge in [0.15, 0.2) is 0 Å². The summed E-state index contributed by atoms with van der Waals surface area (Å²) in [6, 6.07) is 7.82. The zero-order valence-electron chi connectivity index (χ0n) is 9.07. The molecule has 3 nitrogen and oxygen atoms in total. The number of halogens is 1. The van der Waals surface area contributed by atoms with Gasteiger partial charge in [-0.3, -0.25) is 4.98 Å². The summed E-state index contributed by atoms with van der Waals surface area (Å²) >= 11 is 2.24. The second-order valence-corrected chi connectivity index (χ2v) is 4.68. The van der Waals surface area contributed by atoms with Crippen molar-refractivity contribution in [1.29, 1.82) is 0 Å². The summed E-state index contributed by atoms with van der Waals surface area (Å²) < 4.78 is 6.75. The molecule has 0 bridgehead atoms. The first-order valence-corrected chi connectivity index (χ1v) is 5.97. The van der Waals surface area contributed by atoms with Gasteiger partial charge in [-0.1, -0.05) is 6.07 Å². The number of aromatic nitrogens is 2. The van der Waals surface area contributed by atoms with Gasteiger partial charge in [0.1, 0.15) is 5.75 Å². The Hall–Kier alpha value is -1.17. The van der Waals surface area contributed by atoms with E-state index >= 15 is 0 Å². The van der Waals surface area contributed by atoms with Gasteiger partial charge in [-0.05, 0) is 54.6 Å². The molecule has 1 aromatic heterocycles. The van der Waals surface area contributed by atoms with E-state index in [0.29, 0.717) is 5.88 Å². The van der Waals surface area contributed by atoms with Crippen LogP contribution in [-0.4, -0.2) is 9.97 Å². The highest BCUT2D eigenvalue weighted by Gasteiger charge is 2.02. The molecule has 0 aliphatic rings. The van der Waals surface area contributed by atoms with Gasteiger partial charge >= 0.3 is 0 Å². The van der Waals surface area contributed by atoms with Crippen molar-refractivity contribution in [2.45, 2.75) is 13.8 Å². The Balaban J connectivity index is 2.24. The van der Waals surface area contributed by atoms with Crippen LogP contribution in [-0.2, 0) is 0 Å². The lowest BCUT2D eigenvalue weighted by Gasteiger charge is -2.06. The van der Waals surface area contributed by atoms with Crippen LogP contribution in [0.1, 0.15) is 11.4 Å². The topological polar surface area (TPSA) is 35.0 Å². The maximum absolute atomic E-state index is 5.62. The number of nitrogens with zero attached hydrogens (tertiary/aromatic N) is 2. The molecule has 0 fully saturated rings. The van der Waals surface area contributed by atoms with Crippen molar-refractivity contribution in [2.75, 3.05) is 0 Å². The highest BCUT2D eigenvalue weighted by atomic mass is 127. The van der Waals surface area contributed by atoms with Crippen LogP contribution in [0.3, 0.4) is 0 Å². The molecule has 0 atom stereocenters. The Morgan fingerprint density at radius 2 is 2.00 bits per heavy atom. The first-order valence-electron chi connectivity index (χ1n) is 4.89. The fourth-order valence-electron chi connectivity index (χ4n) is 1.22.